The number of rotatable bonds is 4. The Morgan fingerprint density at radius 3 is 2.82 bits per heavy atom. The van der Waals surface area contributed by atoms with Gasteiger partial charge in [-0.1, -0.05) is 0 Å². The second-order valence-corrected chi connectivity index (χ2v) is 4.43. The molecule has 0 aromatic heterocycles. The molecular weight excluding hydrogens is 223 g/mol. The van der Waals surface area contributed by atoms with E-state index in [4.69, 9.17) is 0 Å². The highest BCUT2D eigenvalue weighted by Gasteiger charge is 2.23. The number of phenolic OH excluding ortho intramolecular Hbond substituents is 1. The molecule has 1 fully saturated rings. The molecule has 0 saturated carbocycles. The molecule has 0 radical (unpaired) electrons. The van der Waals surface area contributed by atoms with E-state index in [-0.39, 0.29) is 17.8 Å². The van der Waals surface area contributed by atoms with E-state index in [1.807, 2.05) is 0 Å². The van der Waals surface area contributed by atoms with Gasteiger partial charge in [-0.05, 0) is 17.7 Å². The number of hydrogen-bond acceptors (Lipinski definition) is 4. The summed E-state index contributed by atoms with van der Waals surface area (Å²) in [7, 11) is 0. The van der Waals surface area contributed by atoms with E-state index in [1.54, 1.807) is 0 Å². The lowest BCUT2D eigenvalue weighted by Crippen LogP contribution is -2.30. The minimum Gasteiger partial charge on any atom is -0.508 e. The fraction of sp³-hybridized carbons (Fsp3) is 0.500. The molecule has 17 heavy (non-hydrogen) atoms. The molecule has 4 N–H and O–H groups in total. The van der Waals surface area contributed by atoms with Crippen molar-refractivity contribution in [2.45, 2.75) is 12.6 Å². The fourth-order valence-electron chi connectivity index (χ4n) is 2.06. The second-order valence-electron chi connectivity index (χ2n) is 4.43. The van der Waals surface area contributed by atoms with Crippen LogP contribution in [0.3, 0.4) is 0 Å². The molecule has 2 atom stereocenters. The molecule has 0 amide bonds. The molecule has 2 unspecified atom stereocenters. The molecule has 5 heteroatoms. The monoisotopic (exact) mass is 240 g/mol. The zero-order chi connectivity index (χ0) is 12.3. The molecule has 0 bridgehead atoms. The van der Waals surface area contributed by atoms with E-state index in [9.17, 15) is 14.6 Å². The van der Waals surface area contributed by atoms with Crippen LogP contribution >= 0.6 is 0 Å². The number of benzene rings is 1. The SMILES string of the molecule is Oc1cc(F)cc(CNCC2CNCC2O)c1. The molecule has 4 nitrogen and oxygen atoms in total. The minimum absolute atomic E-state index is 0.0654. The van der Waals surface area contributed by atoms with E-state index in [0.29, 0.717) is 25.2 Å². The first kappa shape index (κ1) is 12.3. The molecule has 1 aromatic carbocycles. The number of aromatic hydroxyl groups is 1. The van der Waals surface area contributed by atoms with E-state index in [2.05, 4.69) is 10.6 Å². The third-order valence-corrected chi connectivity index (χ3v) is 2.98. The van der Waals surface area contributed by atoms with Gasteiger partial charge in [0, 0.05) is 38.2 Å². The van der Waals surface area contributed by atoms with Crippen LogP contribution in [0.15, 0.2) is 18.2 Å². The number of phenols is 1. The highest BCUT2D eigenvalue weighted by atomic mass is 19.1. The van der Waals surface area contributed by atoms with E-state index >= 15 is 0 Å². The van der Waals surface area contributed by atoms with E-state index < -0.39 is 5.82 Å². The largest absolute Gasteiger partial charge is 0.508 e. The summed E-state index contributed by atoms with van der Waals surface area (Å²) in [6.07, 6.45) is -0.316. The Morgan fingerprint density at radius 1 is 1.35 bits per heavy atom. The number of halogens is 1. The lowest BCUT2D eigenvalue weighted by molar-refractivity contribution is 0.146. The molecule has 1 aliphatic rings. The summed E-state index contributed by atoms with van der Waals surface area (Å²) in [5.41, 5.74) is 0.697. The van der Waals surface area contributed by atoms with Crippen LogP contribution in [0.1, 0.15) is 5.56 Å². The zero-order valence-corrected chi connectivity index (χ0v) is 9.49. The molecule has 1 aromatic rings. The minimum atomic E-state index is -0.440. The van der Waals surface area contributed by atoms with Gasteiger partial charge in [-0.25, -0.2) is 4.39 Å². The third kappa shape index (κ3) is 3.39. The van der Waals surface area contributed by atoms with Crippen LogP contribution in [0, 0.1) is 11.7 Å². The summed E-state index contributed by atoms with van der Waals surface area (Å²) in [4.78, 5) is 0. The van der Waals surface area contributed by atoms with Gasteiger partial charge in [0.05, 0.1) is 6.10 Å². The van der Waals surface area contributed by atoms with Gasteiger partial charge in [0.25, 0.3) is 0 Å². The number of nitrogens with one attached hydrogen (secondary N) is 2. The first-order valence-electron chi connectivity index (χ1n) is 5.73. The van der Waals surface area contributed by atoms with Gasteiger partial charge in [0.1, 0.15) is 11.6 Å². The van der Waals surface area contributed by atoms with Crippen LogP contribution < -0.4 is 10.6 Å². The number of hydrogen-bond donors (Lipinski definition) is 4. The predicted octanol–water partition coefficient (Wildman–Crippen LogP) is 0.201. The first-order chi connectivity index (χ1) is 8.15. The van der Waals surface area contributed by atoms with Gasteiger partial charge >= 0.3 is 0 Å². The van der Waals surface area contributed by atoms with Gasteiger partial charge in [-0.2, -0.15) is 0 Å². The van der Waals surface area contributed by atoms with Gasteiger partial charge in [0.15, 0.2) is 0 Å². The summed E-state index contributed by atoms with van der Waals surface area (Å²) in [5.74, 6) is -0.314. The van der Waals surface area contributed by atoms with Crippen molar-refractivity contribution in [3.05, 3.63) is 29.6 Å². The Kier molecular flexibility index (Phi) is 3.93. The first-order valence-corrected chi connectivity index (χ1v) is 5.73. The molecule has 0 aliphatic carbocycles. The smallest absolute Gasteiger partial charge is 0.127 e. The average Bonchev–Trinajstić information content (AvgIpc) is 2.63. The Hall–Kier alpha value is -1.17. The van der Waals surface area contributed by atoms with Crippen molar-refractivity contribution in [1.29, 1.82) is 0 Å². The summed E-state index contributed by atoms with van der Waals surface area (Å²) in [6.45, 7) is 2.58. The lowest BCUT2D eigenvalue weighted by atomic mass is 10.1. The summed E-state index contributed by atoms with van der Waals surface area (Å²) in [6, 6.07) is 3.99. The van der Waals surface area contributed by atoms with Crippen LogP contribution in [0.5, 0.6) is 5.75 Å². The Morgan fingerprint density at radius 2 is 2.18 bits per heavy atom. The third-order valence-electron chi connectivity index (χ3n) is 2.98. The van der Waals surface area contributed by atoms with Crippen LogP contribution in [-0.4, -0.2) is 36.0 Å². The van der Waals surface area contributed by atoms with Crippen molar-refractivity contribution in [1.82, 2.24) is 10.6 Å². The average molecular weight is 240 g/mol. The lowest BCUT2D eigenvalue weighted by Gasteiger charge is -2.14. The van der Waals surface area contributed by atoms with Crippen molar-refractivity contribution < 1.29 is 14.6 Å². The highest BCUT2D eigenvalue weighted by Crippen LogP contribution is 2.14. The van der Waals surface area contributed by atoms with Gasteiger partial charge < -0.3 is 20.8 Å². The molecule has 1 saturated heterocycles. The number of aliphatic hydroxyl groups excluding tert-OH is 1. The standard InChI is InChI=1S/C12H17FN2O2/c13-10-1-8(2-11(16)3-10)4-14-5-9-6-15-7-12(9)17/h1-3,9,12,14-17H,4-7H2. The normalized spacial score (nSPS) is 24.1. The second kappa shape index (κ2) is 5.44. The van der Waals surface area contributed by atoms with E-state index in [1.165, 1.54) is 12.1 Å². The van der Waals surface area contributed by atoms with Crippen molar-refractivity contribution in [2.75, 3.05) is 19.6 Å². The molecule has 0 spiro atoms. The van der Waals surface area contributed by atoms with Crippen LogP contribution in [0.4, 0.5) is 4.39 Å². The Labute approximate surface area is 99.5 Å². The predicted molar refractivity (Wildman–Crippen MR) is 62.1 cm³/mol. The topological polar surface area (TPSA) is 64.5 Å². The van der Waals surface area contributed by atoms with Gasteiger partial charge in [0.2, 0.25) is 0 Å². The van der Waals surface area contributed by atoms with Crippen molar-refractivity contribution in [3.63, 3.8) is 0 Å². The summed E-state index contributed by atoms with van der Waals surface area (Å²) in [5, 5.41) is 25.1. The van der Waals surface area contributed by atoms with Gasteiger partial charge in [-0.3, -0.25) is 0 Å². The van der Waals surface area contributed by atoms with Crippen molar-refractivity contribution in [3.8, 4) is 5.75 Å². The summed E-state index contributed by atoms with van der Waals surface area (Å²) >= 11 is 0. The van der Waals surface area contributed by atoms with E-state index in [0.717, 1.165) is 12.6 Å². The van der Waals surface area contributed by atoms with Crippen LogP contribution in [0.25, 0.3) is 0 Å². The zero-order valence-electron chi connectivity index (χ0n) is 9.49. The number of β-amino-alcohol motifs (C(OH)–C–C–N with tert-alkyl or cyclic N) is 1. The Balaban J connectivity index is 1.81. The maximum Gasteiger partial charge on any atom is 0.127 e. The number of aliphatic hydroxyl groups is 1. The molecule has 2 rings (SSSR count). The Bertz CT molecular complexity index is 367. The molecule has 94 valence electrons. The molecule has 1 heterocycles. The van der Waals surface area contributed by atoms with Crippen molar-refractivity contribution >= 4 is 0 Å². The van der Waals surface area contributed by atoms with Crippen LogP contribution in [-0.2, 0) is 6.54 Å². The fourth-order valence-corrected chi connectivity index (χ4v) is 2.06. The molecule has 1 aliphatic heterocycles. The highest BCUT2D eigenvalue weighted by molar-refractivity contribution is 5.28. The molecular formula is C12H17FN2O2. The van der Waals surface area contributed by atoms with Gasteiger partial charge in [-0.15, -0.1) is 0 Å². The van der Waals surface area contributed by atoms with Crippen LogP contribution in [0.2, 0.25) is 0 Å². The maximum absolute atomic E-state index is 13.0. The summed E-state index contributed by atoms with van der Waals surface area (Å²) < 4.78 is 13.0. The van der Waals surface area contributed by atoms with Crippen molar-refractivity contribution in [2.24, 2.45) is 5.92 Å². The maximum atomic E-state index is 13.0. The quantitative estimate of drug-likeness (QED) is 0.607.